The minimum absolute atomic E-state index is 0.168. The molecule has 1 amide bonds. The van der Waals surface area contributed by atoms with Crippen molar-refractivity contribution in [2.75, 3.05) is 23.4 Å². The van der Waals surface area contributed by atoms with Crippen LogP contribution in [-0.2, 0) is 9.53 Å². The van der Waals surface area contributed by atoms with E-state index in [0.29, 0.717) is 20.9 Å². The summed E-state index contributed by atoms with van der Waals surface area (Å²) in [6.07, 6.45) is 0. The van der Waals surface area contributed by atoms with Gasteiger partial charge in [0.1, 0.15) is 10.9 Å². The number of ether oxygens (including phenoxy) is 1. The molecule has 136 valence electrons. The van der Waals surface area contributed by atoms with Gasteiger partial charge in [0.05, 0.1) is 12.3 Å². The Morgan fingerprint density at radius 3 is 2.76 bits per heavy atom. The van der Waals surface area contributed by atoms with E-state index < -0.39 is 12.0 Å². The molecule has 1 atom stereocenters. The van der Waals surface area contributed by atoms with Crippen LogP contribution in [0.1, 0.15) is 42.2 Å². The fourth-order valence-electron chi connectivity index (χ4n) is 2.04. The lowest BCUT2D eigenvalue weighted by Crippen LogP contribution is -2.25. The normalized spacial score (nSPS) is 12.0. The number of carbonyl (C=O) groups excluding carboxylic acids is 2. The van der Waals surface area contributed by atoms with E-state index in [-0.39, 0.29) is 18.5 Å². The average Bonchev–Trinajstić information content (AvgIpc) is 3.10. The number of esters is 1. The quantitative estimate of drug-likeness (QED) is 0.549. The number of anilines is 2. The Morgan fingerprint density at radius 1 is 1.40 bits per heavy atom. The molecular weight excluding hydrogens is 364 g/mol. The van der Waals surface area contributed by atoms with E-state index in [1.165, 1.54) is 11.8 Å². The summed E-state index contributed by atoms with van der Waals surface area (Å²) in [4.78, 5) is 29.0. The smallest absolute Gasteiger partial charge is 0.350 e. The lowest BCUT2D eigenvalue weighted by molar-refractivity contribution is -0.118. The highest BCUT2D eigenvalue weighted by Gasteiger charge is 2.24. The van der Waals surface area contributed by atoms with Gasteiger partial charge in [0.25, 0.3) is 0 Å². The molecule has 2 heterocycles. The van der Waals surface area contributed by atoms with Crippen LogP contribution in [0.25, 0.3) is 0 Å². The molecule has 9 nitrogen and oxygen atoms in total. The third-order valence-corrected chi connectivity index (χ3v) is 5.10. The van der Waals surface area contributed by atoms with Gasteiger partial charge >= 0.3 is 5.97 Å². The number of hydrogen-bond donors (Lipinski definition) is 2. The second-order valence-corrected chi connectivity index (χ2v) is 7.19. The van der Waals surface area contributed by atoms with Gasteiger partial charge in [0.2, 0.25) is 11.9 Å². The number of nitrogens with zero attached hydrogens (tertiary/aromatic N) is 4. The third kappa shape index (κ3) is 4.28. The molecule has 0 fully saturated rings. The summed E-state index contributed by atoms with van der Waals surface area (Å²) < 4.78 is 6.54. The Hall–Kier alpha value is -2.14. The molecule has 0 aliphatic carbocycles. The van der Waals surface area contributed by atoms with Gasteiger partial charge in [-0.25, -0.2) is 9.78 Å². The highest BCUT2D eigenvalue weighted by molar-refractivity contribution is 7.99. The summed E-state index contributed by atoms with van der Waals surface area (Å²) in [6, 6.07) is -0.626. The third-order valence-electron chi connectivity index (χ3n) is 3.22. The molecule has 0 bridgehead atoms. The molecule has 11 heteroatoms. The van der Waals surface area contributed by atoms with Crippen LogP contribution >= 0.6 is 23.1 Å². The number of nitrogens with one attached hydrogen (secondary N) is 1. The van der Waals surface area contributed by atoms with Crippen LogP contribution < -0.4 is 11.1 Å². The molecule has 2 aromatic heterocycles. The van der Waals surface area contributed by atoms with Crippen LogP contribution in [0.5, 0.6) is 0 Å². The molecule has 0 aliphatic rings. The number of nitrogens with two attached hydrogens (primary N) is 1. The van der Waals surface area contributed by atoms with Crippen molar-refractivity contribution in [3.8, 4) is 0 Å². The minimum atomic E-state index is -0.626. The number of thioether (sulfide) groups is 1. The first-order chi connectivity index (χ1) is 11.9. The predicted molar refractivity (Wildman–Crippen MR) is 97.0 cm³/mol. The lowest BCUT2D eigenvalue weighted by Gasteiger charge is -2.15. The number of nitrogen functional groups attached to an aromatic ring is 1. The molecule has 0 radical (unpaired) electrons. The fraction of sp³-hybridized carbons (Fsp3) is 0.500. The number of amides is 1. The van der Waals surface area contributed by atoms with Crippen molar-refractivity contribution in [2.45, 2.75) is 38.9 Å². The molecule has 2 aromatic rings. The molecule has 0 aromatic carbocycles. The standard InChI is InChI=1S/C14H20N6O3S2/c1-5-23-11(22)9-7(3)16-13(25-9)17-10(21)8(4)20-12(15)18-19-14(20)24-6-2/h8H,5-6H2,1-4H3,(H2,15,18)(H,16,17,21). The lowest BCUT2D eigenvalue weighted by atomic mass is 10.3. The van der Waals surface area contributed by atoms with Crippen LogP contribution in [0, 0.1) is 6.92 Å². The van der Waals surface area contributed by atoms with E-state index in [9.17, 15) is 9.59 Å². The number of hydrogen-bond acceptors (Lipinski definition) is 9. The monoisotopic (exact) mass is 384 g/mol. The van der Waals surface area contributed by atoms with Crippen LogP contribution in [-0.4, -0.2) is 44.0 Å². The van der Waals surface area contributed by atoms with Gasteiger partial charge in [-0.15, -0.1) is 10.2 Å². The first-order valence-electron chi connectivity index (χ1n) is 7.67. The molecular formula is C14H20N6O3S2. The molecule has 0 saturated heterocycles. The Balaban J connectivity index is 2.16. The molecule has 1 unspecified atom stereocenters. The molecule has 0 saturated carbocycles. The highest BCUT2D eigenvalue weighted by atomic mass is 32.2. The van der Waals surface area contributed by atoms with Gasteiger partial charge < -0.3 is 15.8 Å². The Morgan fingerprint density at radius 2 is 2.12 bits per heavy atom. The number of carbonyl (C=O) groups is 2. The van der Waals surface area contributed by atoms with Gasteiger partial charge in [0.15, 0.2) is 10.3 Å². The molecule has 0 aliphatic heterocycles. The molecule has 25 heavy (non-hydrogen) atoms. The van der Waals surface area contributed by atoms with E-state index in [0.717, 1.165) is 17.1 Å². The van der Waals surface area contributed by atoms with Gasteiger partial charge in [-0.2, -0.15) is 0 Å². The Kier molecular flexibility index (Phi) is 6.37. The number of rotatable bonds is 7. The zero-order valence-electron chi connectivity index (χ0n) is 14.4. The van der Waals surface area contributed by atoms with Crippen LogP contribution in [0.4, 0.5) is 11.1 Å². The minimum Gasteiger partial charge on any atom is -0.462 e. The summed E-state index contributed by atoms with van der Waals surface area (Å²) in [6.45, 7) is 7.37. The molecule has 3 N–H and O–H groups in total. The summed E-state index contributed by atoms with van der Waals surface area (Å²) in [5.74, 6) is 0.173. The maximum Gasteiger partial charge on any atom is 0.350 e. The average molecular weight is 384 g/mol. The van der Waals surface area contributed by atoms with Crippen molar-refractivity contribution in [1.29, 1.82) is 0 Å². The van der Waals surface area contributed by atoms with Crippen LogP contribution in [0.15, 0.2) is 5.16 Å². The van der Waals surface area contributed by atoms with Crippen molar-refractivity contribution in [3.63, 3.8) is 0 Å². The first kappa shape index (κ1) is 19.2. The van der Waals surface area contributed by atoms with Crippen LogP contribution in [0.2, 0.25) is 0 Å². The summed E-state index contributed by atoms with van der Waals surface area (Å²) >= 11 is 2.52. The van der Waals surface area contributed by atoms with E-state index in [1.807, 2.05) is 6.92 Å². The van der Waals surface area contributed by atoms with Crippen molar-refractivity contribution in [3.05, 3.63) is 10.6 Å². The molecule has 2 rings (SSSR count). The second-order valence-electron chi connectivity index (χ2n) is 4.96. The van der Waals surface area contributed by atoms with Gasteiger partial charge in [-0.3, -0.25) is 9.36 Å². The van der Waals surface area contributed by atoms with Crippen molar-refractivity contribution in [1.82, 2.24) is 19.7 Å². The fourth-order valence-corrected chi connectivity index (χ4v) is 3.65. The summed E-state index contributed by atoms with van der Waals surface area (Å²) in [5, 5.41) is 11.4. The zero-order chi connectivity index (χ0) is 18.6. The van der Waals surface area contributed by atoms with Gasteiger partial charge in [-0.05, 0) is 26.5 Å². The molecule has 0 spiro atoms. The Bertz CT molecular complexity index is 773. The maximum atomic E-state index is 12.5. The Labute approximate surface area is 153 Å². The van der Waals surface area contributed by atoms with Gasteiger partial charge in [-0.1, -0.05) is 30.0 Å². The van der Waals surface area contributed by atoms with Gasteiger partial charge in [0, 0.05) is 0 Å². The van der Waals surface area contributed by atoms with E-state index in [4.69, 9.17) is 10.5 Å². The van der Waals surface area contributed by atoms with Crippen molar-refractivity contribution in [2.24, 2.45) is 0 Å². The van der Waals surface area contributed by atoms with Crippen molar-refractivity contribution < 1.29 is 14.3 Å². The van der Waals surface area contributed by atoms with E-state index in [2.05, 4.69) is 20.5 Å². The first-order valence-corrected chi connectivity index (χ1v) is 9.47. The van der Waals surface area contributed by atoms with E-state index in [1.54, 1.807) is 25.3 Å². The van der Waals surface area contributed by atoms with Crippen molar-refractivity contribution >= 4 is 46.1 Å². The zero-order valence-corrected chi connectivity index (χ0v) is 16.0. The summed E-state index contributed by atoms with van der Waals surface area (Å²) in [7, 11) is 0. The largest absolute Gasteiger partial charge is 0.462 e. The highest BCUT2D eigenvalue weighted by Crippen LogP contribution is 2.26. The second kappa shape index (κ2) is 8.30. The summed E-state index contributed by atoms with van der Waals surface area (Å²) in [5.41, 5.74) is 6.34. The SMILES string of the molecule is CCOC(=O)c1sc(NC(=O)C(C)n2c(N)nnc2SCC)nc1C. The van der Waals surface area contributed by atoms with E-state index >= 15 is 0 Å². The van der Waals surface area contributed by atoms with Crippen LogP contribution in [0.3, 0.4) is 0 Å². The maximum absolute atomic E-state index is 12.5. The topological polar surface area (TPSA) is 125 Å². The number of thiazole rings is 1. The number of aryl methyl sites for hydroxylation is 1. The predicted octanol–water partition coefficient (Wildman–Crippen LogP) is 2.11. The number of aromatic nitrogens is 4.